The Morgan fingerprint density at radius 1 is 1.04 bits per heavy atom. The highest BCUT2D eigenvalue weighted by molar-refractivity contribution is 5.56. The van der Waals surface area contributed by atoms with Crippen molar-refractivity contribution in [2.45, 2.75) is 51.0 Å². The van der Waals surface area contributed by atoms with Crippen LogP contribution >= 0.6 is 0 Å². The number of halogens is 1. The van der Waals surface area contributed by atoms with Crippen molar-refractivity contribution in [3.8, 4) is 0 Å². The molecule has 0 amide bonds. The zero-order chi connectivity index (χ0) is 19.2. The number of rotatable bonds is 7. The number of pyridine rings is 1. The topological polar surface area (TPSA) is 31.4 Å². The summed E-state index contributed by atoms with van der Waals surface area (Å²) in [6, 6.07) is 11.7. The second-order valence-electron chi connectivity index (χ2n) is 7.99. The number of benzene rings is 1. The average Bonchev–Trinajstić information content (AvgIpc) is 3.21. The van der Waals surface area contributed by atoms with Crippen molar-refractivity contribution in [2.24, 2.45) is 0 Å². The first kappa shape index (κ1) is 19.0. The van der Waals surface area contributed by atoms with Crippen LogP contribution in [0.4, 0.5) is 21.6 Å². The SMILES string of the molecule is Fc1cccc(NCCC[C@@H]2CCCN2c2cc(N3CCCCC3)ccn2)c1. The molecule has 28 heavy (non-hydrogen) atoms. The van der Waals surface area contributed by atoms with Crippen molar-refractivity contribution < 1.29 is 4.39 Å². The predicted molar refractivity (Wildman–Crippen MR) is 115 cm³/mol. The van der Waals surface area contributed by atoms with E-state index in [1.165, 1.54) is 56.9 Å². The zero-order valence-corrected chi connectivity index (χ0v) is 16.6. The van der Waals surface area contributed by atoms with Gasteiger partial charge in [0.15, 0.2) is 0 Å². The Balaban J connectivity index is 1.32. The van der Waals surface area contributed by atoms with Crippen LogP contribution in [0.15, 0.2) is 42.6 Å². The minimum absolute atomic E-state index is 0.188. The molecule has 2 aliphatic rings. The van der Waals surface area contributed by atoms with Crippen LogP contribution in [0.5, 0.6) is 0 Å². The van der Waals surface area contributed by atoms with Crippen LogP contribution in [-0.4, -0.2) is 37.2 Å². The van der Waals surface area contributed by atoms with Crippen LogP contribution in [0.2, 0.25) is 0 Å². The quantitative estimate of drug-likeness (QED) is 0.677. The van der Waals surface area contributed by atoms with Gasteiger partial charge in [-0.2, -0.15) is 0 Å². The van der Waals surface area contributed by atoms with Crippen LogP contribution in [0.3, 0.4) is 0 Å². The molecule has 150 valence electrons. The van der Waals surface area contributed by atoms with Gasteiger partial charge in [0, 0.05) is 55.9 Å². The molecule has 2 aliphatic heterocycles. The molecule has 4 rings (SSSR count). The molecule has 1 atom stereocenters. The molecule has 1 aromatic carbocycles. The van der Waals surface area contributed by atoms with E-state index in [2.05, 4.69) is 27.2 Å². The van der Waals surface area contributed by atoms with E-state index in [-0.39, 0.29) is 5.82 Å². The highest BCUT2D eigenvalue weighted by atomic mass is 19.1. The largest absolute Gasteiger partial charge is 0.385 e. The highest BCUT2D eigenvalue weighted by Gasteiger charge is 2.25. The summed E-state index contributed by atoms with van der Waals surface area (Å²) in [5.41, 5.74) is 2.18. The summed E-state index contributed by atoms with van der Waals surface area (Å²) in [5.74, 6) is 0.940. The summed E-state index contributed by atoms with van der Waals surface area (Å²) in [4.78, 5) is 9.69. The lowest BCUT2D eigenvalue weighted by molar-refractivity contribution is 0.576. The van der Waals surface area contributed by atoms with E-state index in [1.54, 1.807) is 12.1 Å². The van der Waals surface area contributed by atoms with Crippen molar-refractivity contribution >= 4 is 17.2 Å². The van der Waals surface area contributed by atoms with Crippen LogP contribution < -0.4 is 15.1 Å². The zero-order valence-electron chi connectivity index (χ0n) is 16.6. The summed E-state index contributed by atoms with van der Waals surface area (Å²) in [6.45, 7) is 4.30. The van der Waals surface area contributed by atoms with Gasteiger partial charge in [-0.05, 0) is 69.2 Å². The van der Waals surface area contributed by atoms with Crippen molar-refractivity contribution in [1.29, 1.82) is 0 Å². The van der Waals surface area contributed by atoms with Crippen molar-refractivity contribution in [1.82, 2.24) is 4.98 Å². The van der Waals surface area contributed by atoms with Gasteiger partial charge in [0.05, 0.1) is 0 Å². The van der Waals surface area contributed by atoms with Gasteiger partial charge in [-0.3, -0.25) is 0 Å². The highest BCUT2D eigenvalue weighted by Crippen LogP contribution is 2.30. The molecule has 4 nitrogen and oxygen atoms in total. The molecule has 5 heteroatoms. The Labute approximate surface area is 167 Å². The fourth-order valence-electron chi connectivity index (χ4n) is 4.52. The molecule has 0 radical (unpaired) electrons. The molecular weight excluding hydrogens is 351 g/mol. The number of anilines is 3. The van der Waals surface area contributed by atoms with E-state index in [4.69, 9.17) is 4.98 Å². The molecule has 1 aromatic heterocycles. The maximum atomic E-state index is 13.3. The molecule has 0 aliphatic carbocycles. The first-order valence-corrected chi connectivity index (χ1v) is 10.8. The maximum Gasteiger partial charge on any atom is 0.130 e. The third-order valence-corrected chi connectivity index (χ3v) is 5.99. The molecule has 0 saturated carbocycles. The van der Waals surface area contributed by atoms with Crippen LogP contribution in [-0.2, 0) is 0 Å². The summed E-state index contributed by atoms with van der Waals surface area (Å²) in [7, 11) is 0. The second kappa shape index (κ2) is 9.26. The van der Waals surface area contributed by atoms with E-state index in [1.807, 2.05) is 12.3 Å². The average molecular weight is 383 g/mol. The third kappa shape index (κ3) is 4.75. The number of hydrogen-bond acceptors (Lipinski definition) is 4. The minimum atomic E-state index is -0.188. The van der Waals surface area contributed by atoms with E-state index in [0.717, 1.165) is 37.4 Å². The smallest absolute Gasteiger partial charge is 0.130 e. The molecule has 2 fully saturated rings. The van der Waals surface area contributed by atoms with E-state index in [0.29, 0.717) is 6.04 Å². The van der Waals surface area contributed by atoms with Gasteiger partial charge in [0.1, 0.15) is 11.6 Å². The lowest BCUT2D eigenvalue weighted by Gasteiger charge is -2.31. The molecule has 1 N–H and O–H groups in total. The summed E-state index contributed by atoms with van der Waals surface area (Å²) in [5, 5.41) is 3.34. The van der Waals surface area contributed by atoms with Gasteiger partial charge in [0.2, 0.25) is 0 Å². The molecule has 0 spiro atoms. The van der Waals surface area contributed by atoms with Gasteiger partial charge in [-0.1, -0.05) is 6.07 Å². The second-order valence-corrected chi connectivity index (χ2v) is 7.99. The van der Waals surface area contributed by atoms with Crippen molar-refractivity contribution in [3.63, 3.8) is 0 Å². The van der Waals surface area contributed by atoms with E-state index in [9.17, 15) is 4.39 Å². The predicted octanol–water partition coefficient (Wildman–Crippen LogP) is 5.07. The number of aromatic nitrogens is 1. The van der Waals surface area contributed by atoms with Crippen LogP contribution in [0, 0.1) is 5.82 Å². The third-order valence-electron chi connectivity index (χ3n) is 5.99. The first-order chi connectivity index (χ1) is 13.8. The lowest BCUT2D eigenvalue weighted by atomic mass is 10.1. The fourth-order valence-corrected chi connectivity index (χ4v) is 4.52. The Bertz CT molecular complexity index is 760. The summed E-state index contributed by atoms with van der Waals surface area (Å²) in [6.07, 6.45) is 10.6. The molecule has 3 heterocycles. The Kier molecular flexibility index (Phi) is 6.30. The normalized spacial score (nSPS) is 19.8. The first-order valence-electron chi connectivity index (χ1n) is 10.8. The number of piperidine rings is 1. The van der Waals surface area contributed by atoms with Crippen LogP contribution in [0.1, 0.15) is 44.9 Å². The van der Waals surface area contributed by atoms with Gasteiger partial charge < -0.3 is 15.1 Å². The van der Waals surface area contributed by atoms with E-state index >= 15 is 0 Å². The Hall–Kier alpha value is -2.30. The van der Waals surface area contributed by atoms with Crippen molar-refractivity contribution in [2.75, 3.05) is 41.3 Å². The number of nitrogens with one attached hydrogen (secondary N) is 1. The molecular formula is C23H31FN4. The number of hydrogen-bond donors (Lipinski definition) is 1. The van der Waals surface area contributed by atoms with Gasteiger partial charge >= 0.3 is 0 Å². The Morgan fingerprint density at radius 2 is 1.93 bits per heavy atom. The van der Waals surface area contributed by atoms with Gasteiger partial charge in [0.25, 0.3) is 0 Å². The molecule has 0 unspecified atom stereocenters. The lowest BCUT2D eigenvalue weighted by Crippen LogP contribution is -2.32. The molecule has 0 bridgehead atoms. The standard InChI is InChI=1S/C23H31FN4/c24-19-7-4-8-20(17-19)25-12-5-9-21-10-6-16-28(21)23-18-22(11-13-26-23)27-14-2-1-3-15-27/h4,7-8,11,13,17-18,21,25H,1-3,5-6,9-10,12,14-16H2/t21-/m1/s1. The van der Waals surface area contributed by atoms with Crippen molar-refractivity contribution in [3.05, 3.63) is 48.4 Å². The minimum Gasteiger partial charge on any atom is -0.385 e. The molecule has 2 aromatic rings. The van der Waals surface area contributed by atoms with Crippen LogP contribution in [0.25, 0.3) is 0 Å². The summed E-state index contributed by atoms with van der Waals surface area (Å²) < 4.78 is 13.3. The Morgan fingerprint density at radius 3 is 2.79 bits per heavy atom. The number of nitrogens with zero attached hydrogens (tertiary/aromatic N) is 3. The fraction of sp³-hybridized carbons (Fsp3) is 0.522. The molecule has 2 saturated heterocycles. The summed E-state index contributed by atoms with van der Waals surface area (Å²) >= 11 is 0. The van der Waals surface area contributed by atoms with Gasteiger partial charge in [-0.25, -0.2) is 9.37 Å². The van der Waals surface area contributed by atoms with E-state index < -0.39 is 0 Å². The monoisotopic (exact) mass is 382 g/mol. The van der Waals surface area contributed by atoms with Gasteiger partial charge in [-0.15, -0.1) is 0 Å². The maximum absolute atomic E-state index is 13.3.